The predicted octanol–water partition coefficient (Wildman–Crippen LogP) is 14.5. The Kier molecular flexibility index (Phi) is 9.29. The number of allylic oxidation sites excluding steroid dienone is 4. The van der Waals surface area contributed by atoms with Crippen molar-refractivity contribution in [1.82, 2.24) is 0 Å². The Bertz CT molecular complexity index is 2380. The number of fused-ring (bicyclic) bond motifs is 1. The number of benzene rings is 7. The second-order valence-electron chi connectivity index (χ2n) is 15.2. The van der Waals surface area contributed by atoms with Gasteiger partial charge in [0.15, 0.2) is 0 Å². The molecule has 0 bridgehead atoms. The van der Waals surface area contributed by atoms with Gasteiger partial charge in [-0.3, -0.25) is 0 Å². The first kappa shape index (κ1) is 34.0. The maximum atomic E-state index is 3.84. The zero-order valence-electron chi connectivity index (χ0n) is 31.0. The molecule has 7 aromatic carbocycles. The molecule has 260 valence electrons. The lowest BCUT2D eigenvalue weighted by molar-refractivity contribution is 0.590. The number of anilines is 5. The molecule has 2 heteroatoms. The Morgan fingerprint density at radius 1 is 0.491 bits per heavy atom. The highest BCUT2D eigenvalue weighted by Gasteiger charge is 2.21. The molecule has 0 aliphatic heterocycles. The molecular formula is C51H46N2. The molecule has 2 atom stereocenters. The van der Waals surface area contributed by atoms with Crippen molar-refractivity contribution in [2.24, 2.45) is 5.92 Å². The van der Waals surface area contributed by atoms with E-state index in [1.807, 2.05) is 0 Å². The SMILES string of the molecule is CC1C=CC=CC1c1ccc2ccccc2c1Nc1ccc(-c2ccc(N(c3ccc(-c4ccccc4)cc3)c3ccc(C(C)(C)C)cc3)cc2)cc1. The van der Waals surface area contributed by atoms with Gasteiger partial charge in [-0.2, -0.15) is 0 Å². The highest BCUT2D eigenvalue weighted by Crippen LogP contribution is 2.41. The van der Waals surface area contributed by atoms with Crippen LogP contribution in [0.2, 0.25) is 0 Å². The Hall–Kier alpha value is -6.12. The maximum Gasteiger partial charge on any atom is 0.0502 e. The number of rotatable bonds is 8. The topological polar surface area (TPSA) is 15.3 Å². The van der Waals surface area contributed by atoms with Crippen molar-refractivity contribution < 1.29 is 0 Å². The highest BCUT2D eigenvalue weighted by atomic mass is 15.1. The van der Waals surface area contributed by atoms with Crippen LogP contribution in [0.1, 0.15) is 44.7 Å². The van der Waals surface area contributed by atoms with E-state index in [-0.39, 0.29) is 5.41 Å². The second kappa shape index (κ2) is 14.5. The summed E-state index contributed by atoms with van der Waals surface area (Å²) in [5.41, 5.74) is 13.2. The molecule has 2 nitrogen and oxygen atoms in total. The van der Waals surface area contributed by atoms with Crippen LogP contribution in [0.4, 0.5) is 28.4 Å². The highest BCUT2D eigenvalue weighted by molar-refractivity contribution is 5.97. The lowest BCUT2D eigenvalue weighted by Gasteiger charge is -2.27. The third-order valence-corrected chi connectivity index (χ3v) is 10.6. The summed E-state index contributed by atoms with van der Waals surface area (Å²) in [6.45, 7) is 9.08. The standard InChI is InChI=1S/C51H46N2/c1-36-12-8-10-16-47(36)49-35-24-41-15-9-11-17-48(41)50(49)52-43-27-18-38(19-28-43)40-22-31-45(32-23-40)53(46-33-25-42(26-34-46)51(2,3)4)44-29-20-39(21-30-44)37-13-6-5-7-14-37/h5-36,47,52H,1-4H3. The van der Waals surface area contributed by atoms with Crippen LogP contribution in [0.15, 0.2) is 188 Å². The van der Waals surface area contributed by atoms with Gasteiger partial charge in [0.2, 0.25) is 0 Å². The number of nitrogens with zero attached hydrogens (tertiary/aromatic N) is 1. The molecule has 0 amide bonds. The van der Waals surface area contributed by atoms with Gasteiger partial charge in [-0.15, -0.1) is 0 Å². The second-order valence-corrected chi connectivity index (χ2v) is 15.2. The minimum absolute atomic E-state index is 0.0908. The minimum Gasteiger partial charge on any atom is -0.355 e. The van der Waals surface area contributed by atoms with E-state index in [4.69, 9.17) is 0 Å². The fraction of sp³-hybridized carbons (Fsp3) is 0.137. The Balaban J connectivity index is 1.08. The average molecular weight is 687 g/mol. The molecule has 0 heterocycles. The lowest BCUT2D eigenvalue weighted by atomic mass is 9.82. The molecular weight excluding hydrogens is 641 g/mol. The van der Waals surface area contributed by atoms with Gasteiger partial charge < -0.3 is 10.2 Å². The Morgan fingerprint density at radius 2 is 1.00 bits per heavy atom. The molecule has 2 unspecified atom stereocenters. The third-order valence-electron chi connectivity index (χ3n) is 10.6. The monoisotopic (exact) mass is 686 g/mol. The van der Waals surface area contributed by atoms with Crippen LogP contribution in [0, 0.1) is 5.92 Å². The fourth-order valence-electron chi connectivity index (χ4n) is 7.50. The number of hydrogen-bond acceptors (Lipinski definition) is 2. The van der Waals surface area contributed by atoms with Crippen LogP contribution in [-0.4, -0.2) is 0 Å². The summed E-state index contributed by atoms with van der Waals surface area (Å²) < 4.78 is 0. The largest absolute Gasteiger partial charge is 0.355 e. The van der Waals surface area contributed by atoms with E-state index in [0.717, 1.165) is 22.7 Å². The van der Waals surface area contributed by atoms with E-state index in [1.165, 1.54) is 49.8 Å². The van der Waals surface area contributed by atoms with Crippen LogP contribution in [-0.2, 0) is 5.41 Å². The van der Waals surface area contributed by atoms with E-state index >= 15 is 0 Å². The van der Waals surface area contributed by atoms with Gasteiger partial charge in [-0.1, -0.05) is 167 Å². The summed E-state index contributed by atoms with van der Waals surface area (Å²) in [7, 11) is 0. The van der Waals surface area contributed by atoms with Crippen LogP contribution in [0.3, 0.4) is 0 Å². The van der Waals surface area contributed by atoms with Crippen LogP contribution in [0.5, 0.6) is 0 Å². The van der Waals surface area contributed by atoms with Gasteiger partial charge in [0.1, 0.15) is 0 Å². The average Bonchev–Trinajstić information content (AvgIpc) is 3.20. The molecule has 1 N–H and O–H groups in total. The first-order chi connectivity index (χ1) is 25.8. The molecule has 0 fully saturated rings. The van der Waals surface area contributed by atoms with Gasteiger partial charge in [-0.05, 0) is 98.6 Å². The Labute approximate surface area is 314 Å². The Morgan fingerprint density at radius 3 is 1.58 bits per heavy atom. The van der Waals surface area contributed by atoms with Gasteiger partial charge >= 0.3 is 0 Å². The molecule has 0 saturated heterocycles. The van der Waals surface area contributed by atoms with Crippen molar-refractivity contribution in [2.45, 2.75) is 39.0 Å². The lowest BCUT2D eigenvalue weighted by Crippen LogP contribution is -2.13. The van der Waals surface area contributed by atoms with Gasteiger partial charge in [0, 0.05) is 34.1 Å². The van der Waals surface area contributed by atoms with Crippen molar-refractivity contribution in [3.05, 3.63) is 199 Å². The first-order valence-corrected chi connectivity index (χ1v) is 18.7. The first-order valence-electron chi connectivity index (χ1n) is 18.7. The molecule has 0 aromatic heterocycles. The third kappa shape index (κ3) is 7.19. The van der Waals surface area contributed by atoms with Crippen LogP contribution >= 0.6 is 0 Å². The number of hydrogen-bond donors (Lipinski definition) is 1. The molecule has 0 radical (unpaired) electrons. The smallest absolute Gasteiger partial charge is 0.0502 e. The van der Waals surface area contributed by atoms with E-state index in [9.17, 15) is 0 Å². The zero-order valence-corrected chi connectivity index (χ0v) is 31.0. The summed E-state index contributed by atoms with van der Waals surface area (Å²) in [4.78, 5) is 2.35. The molecule has 1 aliphatic rings. The quantitative estimate of drug-likeness (QED) is 0.171. The minimum atomic E-state index is 0.0908. The van der Waals surface area contributed by atoms with Gasteiger partial charge in [0.25, 0.3) is 0 Å². The van der Waals surface area contributed by atoms with E-state index < -0.39 is 0 Å². The van der Waals surface area contributed by atoms with Crippen LogP contribution in [0.25, 0.3) is 33.0 Å². The molecule has 53 heavy (non-hydrogen) atoms. The summed E-state index contributed by atoms with van der Waals surface area (Å²) in [5.74, 6) is 0.752. The predicted molar refractivity (Wildman–Crippen MR) is 228 cm³/mol. The molecule has 0 saturated carbocycles. The van der Waals surface area contributed by atoms with Crippen molar-refractivity contribution in [1.29, 1.82) is 0 Å². The van der Waals surface area contributed by atoms with Crippen molar-refractivity contribution in [3.63, 3.8) is 0 Å². The summed E-state index contributed by atoms with van der Waals surface area (Å²) in [5, 5.41) is 6.32. The summed E-state index contributed by atoms with van der Waals surface area (Å²) in [6.07, 6.45) is 8.96. The van der Waals surface area contributed by atoms with E-state index in [0.29, 0.717) is 11.8 Å². The zero-order chi connectivity index (χ0) is 36.4. The van der Waals surface area contributed by atoms with Gasteiger partial charge in [0.05, 0.1) is 5.69 Å². The fourth-order valence-corrected chi connectivity index (χ4v) is 7.50. The van der Waals surface area contributed by atoms with E-state index in [1.54, 1.807) is 0 Å². The van der Waals surface area contributed by atoms with Crippen molar-refractivity contribution in [2.75, 3.05) is 10.2 Å². The van der Waals surface area contributed by atoms with Crippen molar-refractivity contribution >= 4 is 39.2 Å². The van der Waals surface area contributed by atoms with Crippen molar-refractivity contribution in [3.8, 4) is 22.3 Å². The molecule has 0 spiro atoms. The summed E-state index contributed by atoms with van der Waals surface area (Å²) >= 11 is 0. The van der Waals surface area contributed by atoms with Crippen LogP contribution < -0.4 is 10.2 Å². The van der Waals surface area contributed by atoms with E-state index in [2.05, 4.69) is 226 Å². The summed E-state index contributed by atoms with van der Waals surface area (Å²) in [6, 6.07) is 59.5. The molecule has 7 aromatic rings. The molecule has 1 aliphatic carbocycles. The maximum absolute atomic E-state index is 3.84. The number of nitrogens with one attached hydrogen (secondary N) is 1. The molecule has 8 rings (SSSR count). The normalized spacial score (nSPS) is 15.4. The van der Waals surface area contributed by atoms with Gasteiger partial charge in [-0.25, -0.2) is 0 Å².